The van der Waals surface area contributed by atoms with Gasteiger partial charge in [0, 0.05) is 22.8 Å². The number of carbonyl (C=O) groups is 1. The second-order valence-electron chi connectivity index (χ2n) is 9.79. The van der Waals surface area contributed by atoms with Crippen molar-refractivity contribution in [1.29, 1.82) is 0 Å². The number of aromatic amines is 1. The number of aromatic nitrogens is 3. The molecule has 11 heteroatoms. The molecule has 0 spiro atoms. The summed E-state index contributed by atoms with van der Waals surface area (Å²) in [6.07, 6.45) is 6.71. The molecule has 4 aromatic rings. The van der Waals surface area contributed by atoms with Crippen LogP contribution in [-0.4, -0.2) is 44.3 Å². The lowest BCUT2D eigenvalue weighted by Crippen LogP contribution is -2.43. The van der Waals surface area contributed by atoms with E-state index < -0.39 is 18.0 Å². The van der Waals surface area contributed by atoms with Crippen LogP contribution in [0.3, 0.4) is 0 Å². The second kappa shape index (κ2) is 10.6. The summed E-state index contributed by atoms with van der Waals surface area (Å²) in [6, 6.07) is 12.6. The van der Waals surface area contributed by atoms with Gasteiger partial charge in [-0.25, -0.2) is 9.18 Å². The van der Waals surface area contributed by atoms with Crippen LogP contribution in [0, 0.1) is 5.82 Å². The molecule has 0 fully saturated rings. The van der Waals surface area contributed by atoms with Gasteiger partial charge >= 0.3 is 6.09 Å². The number of fused-ring (bicyclic) bond motifs is 3. The third kappa shape index (κ3) is 5.10. The number of benzene rings is 2. The molecule has 1 aliphatic heterocycles. The number of hydrogen-bond acceptors (Lipinski definition) is 6. The molecule has 3 heterocycles. The predicted molar refractivity (Wildman–Crippen MR) is 151 cm³/mol. The first-order valence-corrected chi connectivity index (χ1v) is 13.4. The molecule has 9 nitrogen and oxygen atoms in total. The zero-order valence-electron chi connectivity index (χ0n) is 21.5. The number of rotatable bonds is 6. The monoisotopic (exact) mass is 562 g/mol. The van der Waals surface area contributed by atoms with E-state index in [-0.39, 0.29) is 11.1 Å². The highest BCUT2D eigenvalue weighted by Gasteiger charge is 2.35. The van der Waals surface area contributed by atoms with Crippen molar-refractivity contribution >= 4 is 41.4 Å². The van der Waals surface area contributed by atoms with E-state index in [1.54, 1.807) is 15.8 Å². The molecule has 6 rings (SSSR count). The highest BCUT2D eigenvalue weighted by molar-refractivity contribution is 6.24. The number of nitrogens with two attached hydrogens (primary N) is 2. The lowest BCUT2D eigenvalue weighted by molar-refractivity contribution is 0.135. The number of alkyl halides is 1. The Morgan fingerprint density at radius 2 is 1.88 bits per heavy atom. The highest BCUT2D eigenvalue weighted by Crippen LogP contribution is 2.34. The fraction of sp³-hybridized carbons (Fsp3) is 0.241. The largest absolute Gasteiger partial charge is 0.492 e. The summed E-state index contributed by atoms with van der Waals surface area (Å²) in [5.74, 6) is 0.840. The number of nitrogens with zero attached hydrogens (tertiary/aromatic N) is 3. The van der Waals surface area contributed by atoms with E-state index >= 15 is 0 Å². The topological polar surface area (TPSA) is 124 Å². The van der Waals surface area contributed by atoms with Crippen molar-refractivity contribution in [3.8, 4) is 11.5 Å². The van der Waals surface area contributed by atoms with E-state index in [0.717, 1.165) is 33.8 Å². The quantitative estimate of drug-likeness (QED) is 0.310. The van der Waals surface area contributed by atoms with Gasteiger partial charge in [-0.05, 0) is 60.4 Å². The minimum atomic E-state index is -0.517. The molecule has 0 saturated heterocycles. The Bertz CT molecular complexity index is 1650. The van der Waals surface area contributed by atoms with Crippen LogP contribution in [0.15, 0.2) is 54.7 Å². The summed E-state index contributed by atoms with van der Waals surface area (Å²) >= 11 is 6.44. The lowest BCUT2D eigenvalue weighted by Gasteiger charge is -2.35. The zero-order valence-corrected chi connectivity index (χ0v) is 22.3. The minimum Gasteiger partial charge on any atom is -0.492 e. The Kier molecular flexibility index (Phi) is 6.85. The normalized spacial score (nSPS) is 17.8. The van der Waals surface area contributed by atoms with Gasteiger partial charge in [-0.15, -0.1) is 11.6 Å². The second-order valence-corrected chi connectivity index (χ2v) is 10.3. The van der Waals surface area contributed by atoms with Gasteiger partial charge in [0.05, 0.1) is 23.8 Å². The fourth-order valence-electron chi connectivity index (χ4n) is 5.22. The summed E-state index contributed by atoms with van der Waals surface area (Å²) in [5.41, 5.74) is 14.8. The number of carbonyl (C=O) groups excluding carboxylic acids is 1. The highest BCUT2D eigenvalue weighted by atomic mass is 35.5. The third-order valence-corrected chi connectivity index (χ3v) is 7.45. The van der Waals surface area contributed by atoms with E-state index in [9.17, 15) is 9.18 Å². The number of halogens is 2. The van der Waals surface area contributed by atoms with Gasteiger partial charge < -0.3 is 25.9 Å². The van der Waals surface area contributed by atoms with Crippen molar-refractivity contribution in [3.05, 3.63) is 87.9 Å². The molecule has 0 bridgehead atoms. The van der Waals surface area contributed by atoms with Crippen LogP contribution in [0.5, 0.6) is 11.5 Å². The van der Waals surface area contributed by atoms with E-state index in [0.29, 0.717) is 43.4 Å². The summed E-state index contributed by atoms with van der Waals surface area (Å²) < 4.78 is 26.6. The maximum Gasteiger partial charge on any atom is 0.416 e. The van der Waals surface area contributed by atoms with Crippen molar-refractivity contribution < 1.29 is 18.7 Å². The van der Waals surface area contributed by atoms with Crippen molar-refractivity contribution in [3.63, 3.8) is 0 Å². The van der Waals surface area contributed by atoms with Gasteiger partial charge in [0.25, 0.3) is 0 Å². The summed E-state index contributed by atoms with van der Waals surface area (Å²) in [6.45, 7) is 1.30. The predicted octanol–water partition coefficient (Wildman–Crippen LogP) is 3.31. The smallest absolute Gasteiger partial charge is 0.416 e. The Morgan fingerprint density at radius 1 is 1.12 bits per heavy atom. The molecule has 2 aromatic heterocycles. The molecule has 0 radical (unpaired) electrons. The van der Waals surface area contributed by atoms with Crippen LogP contribution in [-0.2, 0) is 13.0 Å². The molecule has 1 amide bonds. The van der Waals surface area contributed by atoms with Gasteiger partial charge in [-0.1, -0.05) is 24.3 Å². The Balaban J connectivity index is 1.27. The van der Waals surface area contributed by atoms with Gasteiger partial charge in [0.2, 0.25) is 0 Å². The van der Waals surface area contributed by atoms with Crippen molar-refractivity contribution in [1.82, 2.24) is 19.7 Å². The fourth-order valence-corrected chi connectivity index (χ4v) is 5.44. The maximum absolute atomic E-state index is 13.4. The molecular weight excluding hydrogens is 535 g/mol. The molecular formula is C29H28ClFN6O3. The molecule has 0 saturated carbocycles. The Morgan fingerprint density at radius 3 is 2.60 bits per heavy atom. The van der Waals surface area contributed by atoms with E-state index in [2.05, 4.69) is 22.2 Å². The third-order valence-electron chi connectivity index (χ3n) is 7.15. The van der Waals surface area contributed by atoms with Crippen LogP contribution < -0.4 is 31.5 Å². The summed E-state index contributed by atoms with van der Waals surface area (Å²) in [5, 5.41) is 6.17. The van der Waals surface area contributed by atoms with Crippen LogP contribution in [0.1, 0.15) is 29.3 Å². The molecule has 206 valence electrons. The van der Waals surface area contributed by atoms with Crippen LogP contribution in [0.25, 0.3) is 12.2 Å². The van der Waals surface area contributed by atoms with Crippen molar-refractivity contribution in [2.24, 2.45) is 0 Å². The molecule has 5 N–H and O–H groups in total. The average molecular weight is 563 g/mol. The standard InChI is InChI=1S/C29H28ClFN6O3/c30-18-3-10-25-23(15-18)22-11-12-37(29(38)40-21-8-4-19(31)5-9-21)27(26(22)34-25)17-1-6-20(7-2-17)39-14-13-36-16-24(32)28(33)35-36/h1-2,4-10,15-16,18,27,34H,3,11-14,32H2,(H2,33,35). The molecule has 1 aliphatic carbocycles. The number of H-pyrrole nitrogens is 1. The average Bonchev–Trinajstić information content (AvgIpc) is 3.48. The molecule has 2 aromatic carbocycles. The first-order valence-electron chi connectivity index (χ1n) is 13.0. The number of hydrogen-bond donors (Lipinski definition) is 3. The summed E-state index contributed by atoms with van der Waals surface area (Å²) in [4.78, 5) is 18.7. The van der Waals surface area contributed by atoms with Crippen molar-refractivity contribution in [2.45, 2.75) is 30.8 Å². The number of ether oxygens (including phenoxy) is 2. The van der Waals surface area contributed by atoms with Gasteiger partial charge in [-0.3, -0.25) is 9.58 Å². The van der Waals surface area contributed by atoms with E-state index in [4.69, 9.17) is 32.5 Å². The number of nitrogen functional groups attached to an aromatic ring is 2. The van der Waals surface area contributed by atoms with Crippen LogP contribution in [0.2, 0.25) is 0 Å². The van der Waals surface area contributed by atoms with Crippen molar-refractivity contribution in [2.75, 3.05) is 24.6 Å². The Hall–Kier alpha value is -4.44. The zero-order chi connectivity index (χ0) is 27.8. The van der Waals surface area contributed by atoms with Crippen LogP contribution >= 0.6 is 11.6 Å². The van der Waals surface area contributed by atoms with E-state index in [1.165, 1.54) is 24.3 Å². The van der Waals surface area contributed by atoms with Gasteiger partial charge in [-0.2, -0.15) is 5.10 Å². The van der Waals surface area contributed by atoms with Gasteiger partial charge in [0.1, 0.15) is 30.0 Å². The first-order chi connectivity index (χ1) is 19.4. The maximum atomic E-state index is 13.4. The Labute approximate surface area is 234 Å². The molecule has 40 heavy (non-hydrogen) atoms. The molecule has 2 unspecified atom stereocenters. The lowest BCUT2D eigenvalue weighted by atomic mass is 9.92. The number of nitrogens with one attached hydrogen (secondary N) is 1. The van der Waals surface area contributed by atoms with E-state index in [1.807, 2.05) is 24.3 Å². The SMILES string of the molecule is Nc1cn(CCOc2ccc(C3c4[nH]c5c(c4CCN3C(=O)Oc3ccc(F)cc3)=CC(Cl)CC=5)cc2)nc1N. The van der Waals surface area contributed by atoms with Gasteiger partial charge in [0.15, 0.2) is 5.82 Å². The minimum absolute atomic E-state index is 0.0709. The molecule has 2 aliphatic rings. The van der Waals surface area contributed by atoms with Crippen LogP contribution in [0.4, 0.5) is 20.7 Å². The summed E-state index contributed by atoms with van der Waals surface area (Å²) in [7, 11) is 0. The molecule has 2 atom stereocenters. The first kappa shape index (κ1) is 25.8. The number of anilines is 2. The number of amides is 1.